The molecule has 0 saturated carbocycles. The van der Waals surface area contributed by atoms with Gasteiger partial charge in [-0.25, -0.2) is 0 Å². The number of aliphatic hydroxyl groups is 1. The van der Waals surface area contributed by atoms with Gasteiger partial charge in [-0.15, -0.1) is 0 Å². The maximum absolute atomic E-state index is 14.2. The van der Waals surface area contributed by atoms with Gasteiger partial charge in [-0.05, 0) is 70.3 Å². The highest BCUT2D eigenvalue weighted by molar-refractivity contribution is 5.93. The molecule has 0 radical (unpaired) electrons. The van der Waals surface area contributed by atoms with Crippen LogP contribution in [-0.4, -0.2) is 88.7 Å². The van der Waals surface area contributed by atoms with Crippen LogP contribution in [0.3, 0.4) is 0 Å². The molecular formula is C39H57N3O7. The standard InChI is InChI=1S/C39H57N3O7/c1-26-17-13-10-8-6-7-9-11-14-20-28(23-31(44)35-29-24-39(2,3)49-32(29)25-42(35)37(26)47)36(46)30(43)21-22-33(45)40-34(38(48)41(4)5)27-18-15-12-16-19-27/h6-7,12,15-16,18-19,26,28-29,32,34-36,46H,8-11,13-14,17,20-25H2,1-5H3,(H,40,45)/b7-6+/t26-,28+,29-,32?,34-,35?,36?/m0/s1. The van der Waals surface area contributed by atoms with Gasteiger partial charge in [0.15, 0.2) is 11.6 Å². The molecule has 0 aliphatic carbocycles. The summed E-state index contributed by atoms with van der Waals surface area (Å²) < 4.78 is 6.31. The van der Waals surface area contributed by atoms with E-state index in [0.717, 1.165) is 44.9 Å². The number of carbonyl (C=O) groups excluding carboxylic acids is 5. The number of benzene rings is 1. The Bertz CT molecular complexity index is 1340. The number of amides is 3. The minimum absolute atomic E-state index is 0.0326. The maximum Gasteiger partial charge on any atom is 0.249 e. The molecule has 0 aromatic heterocycles. The van der Waals surface area contributed by atoms with E-state index in [1.807, 2.05) is 26.8 Å². The molecule has 1 aromatic rings. The number of Topliss-reactive ketones (excluding diaryl/α,β-unsaturated/α-hetero) is 2. The average Bonchev–Trinajstić information content (AvgIpc) is 3.56. The lowest BCUT2D eigenvalue weighted by molar-refractivity contribution is -0.143. The number of ketones is 2. The minimum Gasteiger partial charge on any atom is -0.385 e. The van der Waals surface area contributed by atoms with E-state index in [0.29, 0.717) is 24.9 Å². The van der Waals surface area contributed by atoms with Crippen LogP contribution in [0.4, 0.5) is 0 Å². The predicted octanol–water partition coefficient (Wildman–Crippen LogP) is 4.94. The Morgan fingerprint density at radius 3 is 2.31 bits per heavy atom. The first-order valence-electron chi connectivity index (χ1n) is 18.2. The monoisotopic (exact) mass is 679 g/mol. The molecule has 2 saturated heterocycles. The van der Waals surface area contributed by atoms with E-state index in [4.69, 9.17) is 4.74 Å². The fourth-order valence-electron chi connectivity index (χ4n) is 7.76. The second-order valence-electron chi connectivity index (χ2n) is 15.1. The molecular weight excluding hydrogens is 622 g/mol. The summed E-state index contributed by atoms with van der Waals surface area (Å²) in [6.07, 6.45) is 9.47. The summed E-state index contributed by atoms with van der Waals surface area (Å²) in [5, 5.41) is 14.2. The quantitative estimate of drug-likeness (QED) is 0.372. The van der Waals surface area contributed by atoms with Crippen LogP contribution in [0.1, 0.15) is 109 Å². The number of nitrogens with zero attached hydrogens (tertiary/aromatic N) is 2. The van der Waals surface area contributed by atoms with E-state index < -0.39 is 41.4 Å². The second-order valence-corrected chi connectivity index (χ2v) is 15.1. The number of ether oxygens (including phenoxy) is 1. The smallest absolute Gasteiger partial charge is 0.249 e. The van der Waals surface area contributed by atoms with E-state index in [9.17, 15) is 29.1 Å². The van der Waals surface area contributed by atoms with Gasteiger partial charge < -0.3 is 25.0 Å². The van der Waals surface area contributed by atoms with Crippen molar-refractivity contribution in [1.29, 1.82) is 0 Å². The molecule has 3 unspecified atom stereocenters. The van der Waals surface area contributed by atoms with Crippen molar-refractivity contribution in [2.75, 3.05) is 20.6 Å². The van der Waals surface area contributed by atoms with Crippen molar-refractivity contribution in [3.8, 4) is 0 Å². The summed E-state index contributed by atoms with van der Waals surface area (Å²) in [5.41, 5.74) is 0.228. The van der Waals surface area contributed by atoms with Crippen molar-refractivity contribution >= 4 is 29.3 Å². The van der Waals surface area contributed by atoms with Crippen LogP contribution in [-0.2, 0) is 28.7 Å². The maximum atomic E-state index is 14.2. The number of aliphatic hydroxyl groups excluding tert-OH is 1. The molecule has 2 N–H and O–H groups in total. The Kier molecular flexibility index (Phi) is 13.7. The zero-order chi connectivity index (χ0) is 35.7. The van der Waals surface area contributed by atoms with Gasteiger partial charge in [0.05, 0.1) is 17.7 Å². The summed E-state index contributed by atoms with van der Waals surface area (Å²) in [5.74, 6) is -2.45. The number of nitrogens with one attached hydrogen (secondary N) is 1. The molecule has 7 atom stereocenters. The molecule has 0 bridgehead atoms. The highest BCUT2D eigenvalue weighted by Gasteiger charge is 2.55. The van der Waals surface area contributed by atoms with Crippen LogP contribution >= 0.6 is 0 Å². The molecule has 10 nitrogen and oxygen atoms in total. The molecule has 3 aliphatic rings. The molecule has 0 spiro atoms. The Labute approximate surface area is 292 Å². The zero-order valence-corrected chi connectivity index (χ0v) is 30.1. The van der Waals surface area contributed by atoms with Crippen LogP contribution in [0.5, 0.6) is 0 Å². The highest BCUT2D eigenvalue weighted by atomic mass is 16.5. The molecule has 3 amide bonds. The van der Waals surface area contributed by atoms with Gasteiger partial charge in [-0.1, -0.05) is 62.2 Å². The lowest BCUT2D eigenvalue weighted by atomic mass is 9.82. The number of fused-ring (bicyclic) bond motifs is 3. The largest absolute Gasteiger partial charge is 0.385 e. The number of hydrogen-bond donors (Lipinski definition) is 2. The highest BCUT2D eigenvalue weighted by Crippen LogP contribution is 2.44. The summed E-state index contributed by atoms with van der Waals surface area (Å²) in [4.78, 5) is 70.5. The van der Waals surface area contributed by atoms with Crippen LogP contribution in [0.25, 0.3) is 0 Å². The molecule has 270 valence electrons. The first kappa shape index (κ1) is 38.4. The molecule has 10 heteroatoms. The summed E-state index contributed by atoms with van der Waals surface area (Å²) in [7, 11) is 3.22. The first-order valence-corrected chi connectivity index (χ1v) is 18.2. The molecule has 2 fully saturated rings. The topological polar surface area (TPSA) is 133 Å². The normalized spacial score (nSPS) is 28.4. The number of carbonyl (C=O) groups is 5. The van der Waals surface area contributed by atoms with Crippen LogP contribution < -0.4 is 5.32 Å². The molecule has 4 rings (SSSR count). The van der Waals surface area contributed by atoms with Gasteiger partial charge in [0, 0.05) is 51.7 Å². The van der Waals surface area contributed by atoms with Crippen molar-refractivity contribution < 1.29 is 33.8 Å². The van der Waals surface area contributed by atoms with Gasteiger partial charge in [0.25, 0.3) is 0 Å². The van der Waals surface area contributed by atoms with E-state index >= 15 is 0 Å². The first-order chi connectivity index (χ1) is 23.3. The zero-order valence-electron chi connectivity index (χ0n) is 30.1. The third kappa shape index (κ3) is 10.3. The van der Waals surface area contributed by atoms with Crippen LogP contribution in [0.15, 0.2) is 42.5 Å². The van der Waals surface area contributed by atoms with Crippen LogP contribution in [0, 0.1) is 17.8 Å². The van der Waals surface area contributed by atoms with E-state index in [1.165, 1.54) is 4.90 Å². The fraction of sp³-hybridized carbons (Fsp3) is 0.667. The lowest BCUT2D eigenvalue weighted by Gasteiger charge is -2.32. The third-order valence-corrected chi connectivity index (χ3v) is 10.4. The number of rotatable bonds is 8. The van der Waals surface area contributed by atoms with Gasteiger partial charge in [0.2, 0.25) is 17.7 Å². The summed E-state index contributed by atoms with van der Waals surface area (Å²) in [6.45, 7) is 6.33. The molecule has 3 aliphatic heterocycles. The van der Waals surface area contributed by atoms with Gasteiger partial charge >= 0.3 is 0 Å². The van der Waals surface area contributed by atoms with Crippen molar-refractivity contribution in [1.82, 2.24) is 15.1 Å². The van der Waals surface area contributed by atoms with E-state index in [2.05, 4.69) is 17.5 Å². The van der Waals surface area contributed by atoms with Crippen molar-refractivity contribution in [3.63, 3.8) is 0 Å². The number of allylic oxidation sites excluding steroid dienone is 2. The van der Waals surface area contributed by atoms with Gasteiger partial charge in [-0.2, -0.15) is 0 Å². The van der Waals surface area contributed by atoms with Crippen molar-refractivity contribution in [2.24, 2.45) is 17.8 Å². The number of likely N-dealkylation sites (N-methyl/N-ethyl adjacent to an activating group) is 1. The Morgan fingerprint density at radius 2 is 1.65 bits per heavy atom. The van der Waals surface area contributed by atoms with Gasteiger partial charge in [0.1, 0.15) is 12.1 Å². The SMILES string of the molecule is C[C@H]1CCCC/C=C/CCCC[C@@H](C(O)C(=O)CCC(=O)N[C@H](C(=O)N(C)C)c2ccccc2)CC(=O)C2[C@H]3CC(C)(C)OC3CN2C1=O. The molecule has 49 heavy (non-hydrogen) atoms. The minimum atomic E-state index is -1.43. The summed E-state index contributed by atoms with van der Waals surface area (Å²) >= 11 is 0. The average molecular weight is 680 g/mol. The van der Waals surface area contributed by atoms with Crippen molar-refractivity contribution in [2.45, 2.75) is 128 Å². The van der Waals surface area contributed by atoms with E-state index in [-0.39, 0.29) is 54.8 Å². The predicted molar refractivity (Wildman–Crippen MR) is 187 cm³/mol. The van der Waals surface area contributed by atoms with Crippen molar-refractivity contribution in [3.05, 3.63) is 48.0 Å². The summed E-state index contributed by atoms with van der Waals surface area (Å²) in [6, 6.07) is 7.35. The Hall–Kier alpha value is -3.37. The lowest BCUT2D eigenvalue weighted by Crippen LogP contribution is -2.47. The number of hydrogen-bond acceptors (Lipinski definition) is 7. The Balaban J connectivity index is 1.48. The fourth-order valence-corrected chi connectivity index (χ4v) is 7.76. The molecule has 3 heterocycles. The Morgan fingerprint density at radius 1 is 1.00 bits per heavy atom. The van der Waals surface area contributed by atoms with Gasteiger partial charge in [-0.3, -0.25) is 24.0 Å². The molecule has 1 aromatic carbocycles. The van der Waals surface area contributed by atoms with E-state index in [1.54, 1.807) is 43.3 Å². The third-order valence-electron chi connectivity index (χ3n) is 10.4. The van der Waals surface area contributed by atoms with Crippen LogP contribution in [0.2, 0.25) is 0 Å². The second kappa shape index (κ2) is 17.5.